The van der Waals surface area contributed by atoms with Gasteiger partial charge in [0.15, 0.2) is 0 Å². The van der Waals surface area contributed by atoms with Gasteiger partial charge in [0.05, 0.1) is 14.2 Å². The fraction of sp³-hybridized carbons (Fsp3) is 0.333. The topological polar surface area (TPSA) is 67.9 Å². The number of amides is 2. The average molecular weight is 398 g/mol. The van der Waals surface area contributed by atoms with Crippen molar-refractivity contribution in [3.05, 3.63) is 54.1 Å². The minimum absolute atomic E-state index is 0.0252. The fourth-order valence-electron chi connectivity index (χ4n) is 3.94. The Bertz CT molecular complexity index is 882. The third-order valence-electron chi connectivity index (χ3n) is 5.27. The second-order valence-electron chi connectivity index (χ2n) is 6.83. The summed E-state index contributed by atoms with van der Waals surface area (Å²) < 4.78 is 10.5. The van der Waals surface area contributed by atoms with Crippen molar-refractivity contribution >= 4 is 29.3 Å². The summed E-state index contributed by atoms with van der Waals surface area (Å²) in [5.41, 5.74) is 1.65. The van der Waals surface area contributed by atoms with Crippen LogP contribution in [-0.4, -0.2) is 42.7 Å². The number of thioether (sulfide) groups is 1. The molecular weight excluding hydrogens is 376 g/mol. The van der Waals surface area contributed by atoms with Crippen LogP contribution in [0.2, 0.25) is 0 Å². The molecule has 2 aliphatic heterocycles. The molecule has 2 amide bonds. The van der Waals surface area contributed by atoms with E-state index >= 15 is 0 Å². The first-order valence-electron chi connectivity index (χ1n) is 9.13. The van der Waals surface area contributed by atoms with E-state index < -0.39 is 10.9 Å². The van der Waals surface area contributed by atoms with Crippen molar-refractivity contribution in [3.63, 3.8) is 0 Å². The molecule has 2 aromatic carbocycles. The Morgan fingerprint density at radius 3 is 2.46 bits per heavy atom. The molecule has 146 valence electrons. The van der Waals surface area contributed by atoms with E-state index in [9.17, 15) is 9.59 Å². The zero-order valence-electron chi connectivity index (χ0n) is 15.8. The number of rotatable bonds is 5. The summed E-state index contributed by atoms with van der Waals surface area (Å²) in [6.45, 7) is 0. The van der Waals surface area contributed by atoms with Gasteiger partial charge in [0.25, 0.3) is 0 Å². The van der Waals surface area contributed by atoms with Crippen molar-refractivity contribution in [3.8, 4) is 11.5 Å². The van der Waals surface area contributed by atoms with Gasteiger partial charge in [0.2, 0.25) is 11.8 Å². The predicted octanol–water partition coefficient (Wildman–Crippen LogP) is 3.23. The predicted molar refractivity (Wildman–Crippen MR) is 109 cm³/mol. The molecule has 7 heteroatoms. The van der Waals surface area contributed by atoms with Gasteiger partial charge >= 0.3 is 0 Å². The Morgan fingerprint density at radius 2 is 1.82 bits per heavy atom. The summed E-state index contributed by atoms with van der Waals surface area (Å²) >= 11 is 1.67. The number of nitrogens with one attached hydrogen (secondary N) is 1. The van der Waals surface area contributed by atoms with Crippen LogP contribution >= 0.6 is 11.8 Å². The van der Waals surface area contributed by atoms with E-state index in [-0.39, 0.29) is 11.8 Å². The monoisotopic (exact) mass is 398 g/mol. The normalized spacial score (nSPS) is 23.4. The highest BCUT2D eigenvalue weighted by Crippen LogP contribution is 2.54. The number of nitrogens with zero attached hydrogens (tertiary/aromatic N) is 1. The van der Waals surface area contributed by atoms with Crippen LogP contribution in [-0.2, 0) is 14.5 Å². The first kappa shape index (κ1) is 18.7. The van der Waals surface area contributed by atoms with Gasteiger partial charge in [-0.15, -0.1) is 11.8 Å². The molecule has 6 nitrogen and oxygen atoms in total. The lowest BCUT2D eigenvalue weighted by molar-refractivity contribution is -0.136. The molecule has 2 aromatic rings. The zero-order valence-corrected chi connectivity index (χ0v) is 16.6. The maximum atomic E-state index is 13.1. The molecule has 28 heavy (non-hydrogen) atoms. The highest BCUT2D eigenvalue weighted by Gasteiger charge is 2.56. The van der Waals surface area contributed by atoms with E-state index in [1.165, 1.54) is 0 Å². The number of benzene rings is 2. The van der Waals surface area contributed by atoms with Gasteiger partial charge in [-0.25, -0.2) is 0 Å². The standard InChI is InChI=1S/C21H22N2O4S/c1-26-16-10-15(11-17(12-16)27-2)22-20(25)18-13-28-21(9-8-19(24)23(18)21)14-6-4-3-5-7-14/h3-7,10-12,18H,8-9,13H2,1-2H3,(H,22,25)/t18-,21-/m1/s1. The molecule has 2 fully saturated rings. The molecule has 2 saturated heterocycles. The number of methoxy groups -OCH3 is 2. The van der Waals surface area contributed by atoms with Crippen LogP contribution in [0.25, 0.3) is 0 Å². The minimum Gasteiger partial charge on any atom is -0.497 e. The van der Waals surface area contributed by atoms with Crippen molar-refractivity contribution < 1.29 is 19.1 Å². The van der Waals surface area contributed by atoms with E-state index in [1.54, 1.807) is 49.1 Å². The van der Waals surface area contributed by atoms with Crippen LogP contribution in [0, 0.1) is 0 Å². The molecule has 0 saturated carbocycles. The number of hydrogen-bond acceptors (Lipinski definition) is 5. The average Bonchev–Trinajstić information content (AvgIpc) is 3.27. The van der Waals surface area contributed by atoms with Crippen LogP contribution in [0.3, 0.4) is 0 Å². The van der Waals surface area contributed by atoms with Gasteiger partial charge in [-0.1, -0.05) is 30.3 Å². The maximum absolute atomic E-state index is 13.1. The van der Waals surface area contributed by atoms with Gasteiger partial charge < -0.3 is 19.7 Å². The molecular formula is C21H22N2O4S. The molecule has 0 aliphatic carbocycles. The third-order valence-corrected chi connectivity index (χ3v) is 6.87. The number of anilines is 1. The van der Waals surface area contributed by atoms with Crippen LogP contribution < -0.4 is 14.8 Å². The number of carbonyl (C=O) groups is 2. The first-order valence-corrected chi connectivity index (χ1v) is 10.1. The highest BCUT2D eigenvalue weighted by molar-refractivity contribution is 8.00. The van der Waals surface area contributed by atoms with E-state index in [0.29, 0.717) is 29.4 Å². The first-order chi connectivity index (χ1) is 13.6. The Kier molecular flexibility index (Phi) is 4.93. The van der Waals surface area contributed by atoms with Crippen molar-refractivity contribution in [2.45, 2.75) is 23.8 Å². The number of carbonyl (C=O) groups excluding carboxylic acids is 2. The lowest BCUT2D eigenvalue weighted by Crippen LogP contribution is -2.48. The Labute approximate surface area is 168 Å². The molecule has 0 aromatic heterocycles. The molecule has 0 radical (unpaired) electrons. The zero-order chi connectivity index (χ0) is 19.7. The molecule has 2 atom stereocenters. The molecule has 0 unspecified atom stereocenters. The van der Waals surface area contributed by atoms with E-state index in [1.807, 2.05) is 30.3 Å². The van der Waals surface area contributed by atoms with Crippen molar-refractivity contribution in [1.29, 1.82) is 0 Å². The second-order valence-corrected chi connectivity index (χ2v) is 8.13. The van der Waals surface area contributed by atoms with Gasteiger partial charge in [-0.2, -0.15) is 0 Å². The number of fused-ring (bicyclic) bond motifs is 1. The van der Waals surface area contributed by atoms with Crippen molar-refractivity contribution in [2.24, 2.45) is 0 Å². The maximum Gasteiger partial charge on any atom is 0.248 e. The summed E-state index contributed by atoms with van der Waals surface area (Å²) in [4.78, 5) is 27.1. The van der Waals surface area contributed by atoms with E-state index in [0.717, 1.165) is 12.0 Å². The minimum atomic E-state index is -0.516. The summed E-state index contributed by atoms with van der Waals surface area (Å²) in [5, 5.41) is 2.93. The molecule has 0 spiro atoms. The van der Waals surface area contributed by atoms with Gasteiger partial charge in [-0.3, -0.25) is 9.59 Å². The Balaban J connectivity index is 1.60. The van der Waals surface area contributed by atoms with E-state index in [2.05, 4.69) is 5.32 Å². The number of ether oxygens (including phenoxy) is 2. The van der Waals surface area contributed by atoms with Crippen molar-refractivity contribution in [2.75, 3.05) is 25.3 Å². The lowest BCUT2D eigenvalue weighted by atomic mass is 10.0. The summed E-state index contributed by atoms with van der Waals surface area (Å²) in [6, 6.07) is 14.7. The summed E-state index contributed by atoms with van der Waals surface area (Å²) in [7, 11) is 3.12. The van der Waals surface area contributed by atoms with Crippen LogP contribution in [0.1, 0.15) is 18.4 Å². The van der Waals surface area contributed by atoms with Gasteiger partial charge in [0.1, 0.15) is 22.4 Å². The quantitative estimate of drug-likeness (QED) is 0.838. The van der Waals surface area contributed by atoms with Gasteiger partial charge in [-0.05, 0) is 12.0 Å². The van der Waals surface area contributed by atoms with Crippen LogP contribution in [0.4, 0.5) is 5.69 Å². The SMILES string of the molecule is COc1cc(NC(=O)[C@H]2CS[C@@]3(c4ccccc4)CCC(=O)N23)cc(OC)c1. The third kappa shape index (κ3) is 3.09. The highest BCUT2D eigenvalue weighted by atomic mass is 32.2. The lowest BCUT2D eigenvalue weighted by Gasteiger charge is -2.34. The Morgan fingerprint density at radius 1 is 1.14 bits per heavy atom. The fourth-order valence-corrected chi connectivity index (χ4v) is 5.59. The second kappa shape index (κ2) is 7.39. The van der Waals surface area contributed by atoms with Crippen LogP contribution in [0.15, 0.2) is 48.5 Å². The summed E-state index contributed by atoms with van der Waals surface area (Å²) in [6.07, 6.45) is 1.18. The molecule has 1 N–H and O–H groups in total. The van der Waals surface area contributed by atoms with Gasteiger partial charge in [0, 0.05) is 36.1 Å². The Hall–Kier alpha value is -2.67. The van der Waals surface area contributed by atoms with Crippen LogP contribution in [0.5, 0.6) is 11.5 Å². The molecule has 4 rings (SSSR count). The smallest absolute Gasteiger partial charge is 0.248 e. The molecule has 2 heterocycles. The molecule has 2 aliphatic rings. The van der Waals surface area contributed by atoms with Crippen molar-refractivity contribution in [1.82, 2.24) is 4.90 Å². The number of hydrogen-bond donors (Lipinski definition) is 1. The summed E-state index contributed by atoms with van der Waals surface area (Å²) in [5.74, 6) is 1.57. The van der Waals surface area contributed by atoms with E-state index in [4.69, 9.17) is 9.47 Å². The molecule has 0 bridgehead atoms. The largest absolute Gasteiger partial charge is 0.497 e.